The number of hydrogen-bond donors (Lipinski definition) is 2. The third-order valence-corrected chi connectivity index (χ3v) is 3.44. The quantitative estimate of drug-likeness (QED) is 0.458. The number of hydrogen-bond acceptors (Lipinski definition) is 8. The van der Waals surface area contributed by atoms with Crippen LogP contribution in [0.25, 0.3) is 0 Å². The fourth-order valence-corrected chi connectivity index (χ4v) is 2.22. The van der Waals surface area contributed by atoms with Gasteiger partial charge in [-0.1, -0.05) is 12.1 Å². The number of methoxy groups -OCH3 is 3. The molecule has 0 spiro atoms. The molecule has 0 bridgehead atoms. The lowest BCUT2D eigenvalue weighted by Gasteiger charge is -2.23. The minimum Gasteiger partial charge on any atom is -0.466 e. The molecule has 1 aliphatic rings. The zero-order valence-corrected chi connectivity index (χ0v) is 14.2. The molecule has 2 N–H and O–H groups in total. The predicted octanol–water partition coefficient (Wildman–Crippen LogP) is 0.750. The maximum Gasteiger partial charge on any atom is 0.341 e. The van der Waals surface area contributed by atoms with Crippen LogP contribution in [-0.4, -0.2) is 45.1 Å². The van der Waals surface area contributed by atoms with Crippen molar-refractivity contribution in [1.29, 1.82) is 0 Å². The summed E-state index contributed by atoms with van der Waals surface area (Å²) in [6.45, 7) is 0. The Bertz CT molecular complexity index is 839. The Kier molecular flexibility index (Phi) is 5.74. The first-order chi connectivity index (χ1) is 12.4. The highest BCUT2D eigenvalue weighted by Gasteiger charge is 2.33. The average Bonchev–Trinajstić information content (AvgIpc) is 2.66. The van der Waals surface area contributed by atoms with Crippen molar-refractivity contribution < 1.29 is 33.4 Å². The fraction of sp³-hybridized carbons (Fsp3) is 0.176. The van der Waals surface area contributed by atoms with Gasteiger partial charge in [-0.15, -0.1) is 0 Å². The lowest BCUT2D eigenvalue weighted by molar-refractivity contribution is -0.140. The molecule has 0 atom stereocenters. The Balaban J connectivity index is 2.69. The van der Waals surface area contributed by atoms with E-state index in [1.165, 1.54) is 0 Å². The number of rotatable bonds is 4. The first-order valence-electron chi connectivity index (χ1n) is 7.31. The summed E-state index contributed by atoms with van der Waals surface area (Å²) in [5.74, 6) is -3.63. The van der Waals surface area contributed by atoms with Gasteiger partial charge in [-0.3, -0.25) is 4.79 Å². The van der Waals surface area contributed by atoms with Gasteiger partial charge in [0.1, 0.15) is 11.3 Å². The first kappa shape index (κ1) is 18.7. The molecule has 1 amide bonds. The van der Waals surface area contributed by atoms with Gasteiger partial charge in [0.05, 0.1) is 38.3 Å². The number of fused-ring (bicyclic) bond motifs is 1. The molecule has 0 aliphatic carbocycles. The average molecular weight is 360 g/mol. The van der Waals surface area contributed by atoms with Gasteiger partial charge < -0.3 is 24.8 Å². The van der Waals surface area contributed by atoms with Gasteiger partial charge in [-0.25, -0.2) is 14.4 Å². The summed E-state index contributed by atoms with van der Waals surface area (Å²) in [6, 6.07) is 6.74. The summed E-state index contributed by atoms with van der Waals surface area (Å²) in [5.41, 5.74) is -0.232. The number of esters is 3. The Morgan fingerprint density at radius 1 is 0.885 bits per heavy atom. The molecule has 1 aliphatic heterocycles. The fourth-order valence-electron chi connectivity index (χ4n) is 2.22. The van der Waals surface area contributed by atoms with Crippen LogP contribution in [0.2, 0.25) is 0 Å². The maximum absolute atomic E-state index is 12.5. The smallest absolute Gasteiger partial charge is 0.341 e. The maximum atomic E-state index is 12.5. The van der Waals surface area contributed by atoms with E-state index in [9.17, 15) is 19.2 Å². The number of benzene rings is 1. The van der Waals surface area contributed by atoms with E-state index in [1.54, 1.807) is 24.3 Å². The highest BCUT2D eigenvalue weighted by atomic mass is 16.5. The number of carbonyl (C=O) groups is 4. The lowest BCUT2D eigenvalue weighted by Crippen LogP contribution is -2.31. The van der Waals surface area contributed by atoms with E-state index in [2.05, 4.69) is 24.8 Å². The highest BCUT2D eigenvalue weighted by molar-refractivity contribution is 6.20. The number of ether oxygens (including phenoxy) is 3. The Hall–Kier alpha value is -3.62. The van der Waals surface area contributed by atoms with E-state index < -0.39 is 35.0 Å². The van der Waals surface area contributed by atoms with Crippen LogP contribution in [-0.2, 0) is 33.4 Å². The third-order valence-electron chi connectivity index (χ3n) is 3.44. The van der Waals surface area contributed by atoms with Gasteiger partial charge in [0.15, 0.2) is 0 Å². The summed E-state index contributed by atoms with van der Waals surface area (Å²) >= 11 is 0. The topological polar surface area (TPSA) is 120 Å². The second-order valence-corrected chi connectivity index (χ2v) is 4.94. The van der Waals surface area contributed by atoms with Crippen LogP contribution >= 0.6 is 0 Å². The standard InChI is InChI=1S/C17H16N2O7/c1-24-12(20)8-9(16(22)25-2)13(17(23)26-3)14-15(21)19-11-7-5-4-6-10(11)18-14/h4-8,18H,1-3H3,(H,19,21). The Labute approximate surface area is 148 Å². The second kappa shape index (κ2) is 7.97. The van der Waals surface area contributed by atoms with E-state index in [1.807, 2.05) is 0 Å². The second-order valence-electron chi connectivity index (χ2n) is 4.94. The summed E-state index contributed by atoms with van der Waals surface area (Å²) < 4.78 is 13.8. The summed E-state index contributed by atoms with van der Waals surface area (Å²) in [6.07, 6.45) is 0.751. The van der Waals surface area contributed by atoms with E-state index in [-0.39, 0.29) is 5.70 Å². The van der Waals surface area contributed by atoms with Crippen LogP contribution in [0, 0.1) is 0 Å². The largest absolute Gasteiger partial charge is 0.466 e. The minimum atomic E-state index is -1.02. The van der Waals surface area contributed by atoms with Crippen molar-refractivity contribution in [2.24, 2.45) is 0 Å². The van der Waals surface area contributed by atoms with Gasteiger partial charge >= 0.3 is 17.9 Å². The number of nitrogens with one attached hydrogen (secondary N) is 2. The molecular formula is C17H16N2O7. The van der Waals surface area contributed by atoms with Crippen LogP contribution in [0.5, 0.6) is 0 Å². The highest BCUT2D eigenvalue weighted by Crippen LogP contribution is 2.30. The van der Waals surface area contributed by atoms with Crippen LogP contribution in [0.1, 0.15) is 0 Å². The molecule has 0 radical (unpaired) electrons. The molecule has 0 saturated carbocycles. The van der Waals surface area contributed by atoms with Crippen LogP contribution < -0.4 is 10.6 Å². The van der Waals surface area contributed by atoms with Crippen LogP contribution in [0.3, 0.4) is 0 Å². The molecule has 0 saturated heterocycles. The molecule has 26 heavy (non-hydrogen) atoms. The Morgan fingerprint density at radius 3 is 2.00 bits per heavy atom. The number of carbonyl (C=O) groups excluding carboxylic acids is 4. The molecule has 136 valence electrons. The molecule has 1 aromatic rings. The summed E-state index contributed by atoms with van der Waals surface area (Å²) in [5, 5.41) is 5.36. The molecule has 0 fully saturated rings. The van der Waals surface area contributed by atoms with E-state index in [0.29, 0.717) is 11.4 Å². The van der Waals surface area contributed by atoms with Crippen LogP contribution in [0.15, 0.2) is 47.2 Å². The van der Waals surface area contributed by atoms with E-state index in [4.69, 9.17) is 0 Å². The van der Waals surface area contributed by atoms with Crippen molar-refractivity contribution in [3.05, 3.63) is 47.2 Å². The Morgan fingerprint density at radius 2 is 1.46 bits per heavy atom. The molecule has 0 unspecified atom stereocenters. The van der Waals surface area contributed by atoms with Gasteiger partial charge in [0, 0.05) is 6.08 Å². The summed E-state index contributed by atoms with van der Waals surface area (Å²) in [7, 11) is 3.24. The zero-order valence-electron chi connectivity index (χ0n) is 14.2. The van der Waals surface area contributed by atoms with Gasteiger partial charge in [0.2, 0.25) is 0 Å². The monoisotopic (exact) mass is 360 g/mol. The van der Waals surface area contributed by atoms with Crippen molar-refractivity contribution in [3.8, 4) is 0 Å². The van der Waals surface area contributed by atoms with Gasteiger partial charge in [-0.2, -0.15) is 0 Å². The zero-order chi connectivity index (χ0) is 19.3. The SMILES string of the molecule is COC(=O)C=C(C(=O)OC)C(C(=O)OC)=C1Nc2ccccc2NC1=O. The molecule has 2 rings (SSSR count). The van der Waals surface area contributed by atoms with E-state index >= 15 is 0 Å². The normalized spacial score (nSPS) is 15.0. The molecular weight excluding hydrogens is 344 g/mol. The molecule has 1 heterocycles. The van der Waals surface area contributed by atoms with Crippen molar-refractivity contribution >= 4 is 35.2 Å². The van der Waals surface area contributed by atoms with Crippen molar-refractivity contribution in [1.82, 2.24) is 0 Å². The van der Waals surface area contributed by atoms with Crippen molar-refractivity contribution in [2.75, 3.05) is 32.0 Å². The number of amides is 1. The van der Waals surface area contributed by atoms with Gasteiger partial charge in [0.25, 0.3) is 5.91 Å². The van der Waals surface area contributed by atoms with Crippen molar-refractivity contribution in [3.63, 3.8) is 0 Å². The predicted molar refractivity (Wildman–Crippen MR) is 89.9 cm³/mol. The molecule has 9 heteroatoms. The molecule has 0 aromatic heterocycles. The molecule has 1 aromatic carbocycles. The first-order valence-corrected chi connectivity index (χ1v) is 7.31. The minimum absolute atomic E-state index is 0.267. The number of anilines is 2. The summed E-state index contributed by atoms with van der Waals surface area (Å²) in [4.78, 5) is 48.5. The molecule has 9 nitrogen and oxygen atoms in total. The van der Waals surface area contributed by atoms with Crippen molar-refractivity contribution in [2.45, 2.75) is 0 Å². The lowest BCUT2D eigenvalue weighted by atomic mass is 10.0. The third kappa shape index (κ3) is 3.72. The van der Waals surface area contributed by atoms with Gasteiger partial charge in [-0.05, 0) is 12.1 Å². The number of para-hydroxylation sites is 2. The van der Waals surface area contributed by atoms with Crippen LogP contribution in [0.4, 0.5) is 11.4 Å². The van der Waals surface area contributed by atoms with E-state index in [0.717, 1.165) is 27.4 Å².